The van der Waals surface area contributed by atoms with Crippen LogP contribution in [0.4, 0.5) is 0 Å². The lowest BCUT2D eigenvalue weighted by Gasteiger charge is -2.22. The zero-order chi connectivity index (χ0) is 10.4. The van der Waals surface area contributed by atoms with Crippen molar-refractivity contribution in [2.75, 3.05) is 19.7 Å². The number of hydrogen-bond donors (Lipinski definition) is 5. The fourth-order valence-electron chi connectivity index (χ4n) is 0.723. The van der Waals surface area contributed by atoms with Gasteiger partial charge in [0.25, 0.3) is 0 Å². The van der Waals surface area contributed by atoms with Crippen molar-refractivity contribution in [1.29, 1.82) is 5.41 Å². The minimum Gasteiger partial charge on any atom is -0.480 e. The van der Waals surface area contributed by atoms with E-state index in [2.05, 4.69) is 0 Å². The standard InChI is InChI=1S/C6H13N3O4/c7-6(8)9(2-5(12)13)1-4(11)3-10/h4,10-11H,1-3H2,(H3,7,8)(H,12,13). The fraction of sp³-hybridized carbons (Fsp3) is 0.667. The van der Waals surface area contributed by atoms with Crippen molar-refractivity contribution in [3.05, 3.63) is 0 Å². The molecule has 0 amide bonds. The molecule has 6 N–H and O–H groups in total. The van der Waals surface area contributed by atoms with Gasteiger partial charge in [0.2, 0.25) is 0 Å². The molecule has 1 unspecified atom stereocenters. The first-order chi connectivity index (χ1) is 5.97. The molecule has 0 aliphatic rings. The second-order valence-electron chi connectivity index (χ2n) is 2.50. The molecule has 76 valence electrons. The molecule has 0 radical (unpaired) electrons. The molecule has 0 saturated carbocycles. The van der Waals surface area contributed by atoms with E-state index < -0.39 is 31.2 Å². The normalized spacial score (nSPS) is 12.2. The van der Waals surface area contributed by atoms with Crippen LogP contribution in [0.1, 0.15) is 0 Å². The number of guanidine groups is 1. The smallest absolute Gasteiger partial charge is 0.323 e. The summed E-state index contributed by atoms with van der Waals surface area (Å²) in [5.41, 5.74) is 5.04. The molecule has 0 aromatic heterocycles. The van der Waals surface area contributed by atoms with Crippen molar-refractivity contribution in [2.45, 2.75) is 6.10 Å². The van der Waals surface area contributed by atoms with Crippen molar-refractivity contribution in [1.82, 2.24) is 4.90 Å². The molecule has 7 nitrogen and oxygen atoms in total. The predicted molar refractivity (Wildman–Crippen MR) is 44.2 cm³/mol. The van der Waals surface area contributed by atoms with Crippen molar-refractivity contribution >= 4 is 11.9 Å². The van der Waals surface area contributed by atoms with Crippen molar-refractivity contribution in [2.24, 2.45) is 5.73 Å². The van der Waals surface area contributed by atoms with Crippen LogP contribution in [-0.2, 0) is 4.79 Å². The van der Waals surface area contributed by atoms with Crippen LogP contribution in [0.2, 0.25) is 0 Å². The van der Waals surface area contributed by atoms with Crippen LogP contribution in [0.5, 0.6) is 0 Å². The first kappa shape index (κ1) is 11.7. The van der Waals surface area contributed by atoms with Gasteiger partial charge in [0.1, 0.15) is 6.54 Å². The average Bonchev–Trinajstić information content (AvgIpc) is 2.02. The van der Waals surface area contributed by atoms with Gasteiger partial charge in [0.05, 0.1) is 12.7 Å². The zero-order valence-electron chi connectivity index (χ0n) is 6.97. The third-order valence-electron chi connectivity index (χ3n) is 1.31. The zero-order valence-corrected chi connectivity index (χ0v) is 6.97. The Morgan fingerprint density at radius 3 is 2.46 bits per heavy atom. The van der Waals surface area contributed by atoms with Gasteiger partial charge >= 0.3 is 5.97 Å². The Bertz CT molecular complexity index is 196. The van der Waals surface area contributed by atoms with Crippen LogP contribution in [0.3, 0.4) is 0 Å². The highest BCUT2D eigenvalue weighted by Gasteiger charge is 2.14. The van der Waals surface area contributed by atoms with Crippen LogP contribution in [0, 0.1) is 5.41 Å². The minimum absolute atomic E-state index is 0.169. The molecule has 0 aliphatic carbocycles. The molecule has 0 saturated heterocycles. The van der Waals surface area contributed by atoms with Crippen LogP contribution in [-0.4, -0.2) is 57.9 Å². The number of nitrogens with zero attached hydrogens (tertiary/aromatic N) is 1. The molecular weight excluding hydrogens is 178 g/mol. The molecule has 0 bridgehead atoms. The summed E-state index contributed by atoms with van der Waals surface area (Å²) in [7, 11) is 0. The lowest BCUT2D eigenvalue weighted by atomic mass is 10.3. The lowest BCUT2D eigenvalue weighted by Crippen LogP contribution is -2.45. The molecule has 0 fully saturated rings. The molecule has 0 heterocycles. The van der Waals surface area contributed by atoms with Crippen LogP contribution >= 0.6 is 0 Å². The van der Waals surface area contributed by atoms with Gasteiger partial charge in [-0.15, -0.1) is 0 Å². The van der Waals surface area contributed by atoms with Crippen LogP contribution < -0.4 is 5.73 Å². The molecule has 1 atom stereocenters. The SMILES string of the molecule is N=C(N)N(CC(=O)O)CC(O)CO. The van der Waals surface area contributed by atoms with Gasteiger partial charge in [-0.2, -0.15) is 0 Å². The van der Waals surface area contributed by atoms with Gasteiger partial charge in [-0.1, -0.05) is 0 Å². The van der Waals surface area contributed by atoms with E-state index in [-0.39, 0.29) is 6.54 Å². The number of aliphatic hydroxyl groups is 2. The number of nitrogens with two attached hydrogens (primary N) is 1. The van der Waals surface area contributed by atoms with Gasteiger partial charge in [0, 0.05) is 6.54 Å². The van der Waals surface area contributed by atoms with E-state index in [1.165, 1.54) is 0 Å². The Morgan fingerprint density at radius 1 is 1.62 bits per heavy atom. The van der Waals surface area contributed by atoms with E-state index >= 15 is 0 Å². The highest BCUT2D eigenvalue weighted by atomic mass is 16.4. The Morgan fingerprint density at radius 2 is 2.15 bits per heavy atom. The van der Waals surface area contributed by atoms with Crippen molar-refractivity contribution in [3.8, 4) is 0 Å². The lowest BCUT2D eigenvalue weighted by molar-refractivity contribution is -0.137. The average molecular weight is 191 g/mol. The topological polar surface area (TPSA) is 131 Å². The van der Waals surface area contributed by atoms with E-state index in [9.17, 15) is 4.79 Å². The number of hydrogen-bond acceptors (Lipinski definition) is 4. The quantitative estimate of drug-likeness (QED) is 0.243. The molecule has 0 aromatic carbocycles. The number of carboxylic acids is 1. The summed E-state index contributed by atoms with van der Waals surface area (Å²) in [6.45, 7) is -1.13. The summed E-state index contributed by atoms with van der Waals surface area (Å²) in [6, 6.07) is 0. The van der Waals surface area contributed by atoms with Crippen molar-refractivity contribution < 1.29 is 20.1 Å². The largest absolute Gasteiger partial charge is 0.480 e. The summed E-state index contributed by atoms with van der Waals surface area (Å²) < 4.78 is 0. The second-order valence-corrected chi connectivity index (χ2v) is 2.50. The Balaban J connectivity index is 4.10. The molecule has 13 heavy (non-hydrogen) atoms. The number of nitrogens with one attached hydrogen (secondary N) is 1. The van der Waals surface area contributed by atoms with E-state index in [1.54, 1.807) is 0 Å². The predicted octanol–water partition coefficient (Wildman–Crippen LogP) is -2.38. The first-order valence-corrected chi connectivity index (χ1v) is 3.57. The Labute approximate surface area is 74.9 Å². The number of carboxylic acid groups (broad SMARTS) is 1. The minimum atomic E-state index is -1.15. The maximum atomic E-state index is 10.2. The summed E-state index contributed by atoms with van der Waals surface area (Å²) in [6.07, 6.45) is -1.09. The Kier molecular flexibility index (Phi) is 4.78. The summed E-state index contributed by atoms with van der Waals surface area (Å²) >= 11 is 0. The summed E-state index contributed by atoms with van der Waals surface area (Å²) in [4.78, 5) is 11.2. The van der Waals surface area contributed by atoms with Crippen LogP contribution in [0.25, 0.3) is 0 Å². The molecule has 0 spiro atoms. The van der Waals surface area contributed by atoms with E-state index in [4.69, 9.17) is 26.5 Å². The van der Waals surface area contributed by atoms with Crippen LogP contribution in [0.15, 0.2) is 0 Å². The molecule has 0 rings (SSSR count). The van der Waals surface area contributed by atoms with Gasteiger partial charge in [-0.3, -0.25) is 10.2 Å². The number of rotatable bonds is 5. The summed E-state index contributed by atoms with van der Waals surface area (Å²) in [5.74, 6) is -1.60. The second kappa shape index (κ2) is 5.33. The van der Waals surface area contributed by atoms with Gasteiger partial charge in [-0.05, 0) is 0 Å². The number of carbonyl (C=O) groups is 1. The van der Waals surface area contributed by atoms with Gasteiger partial charge in [-0.25, -0.2) is 0 Å². The summed E-state index contributed by atoms with van der Waals surface area (Å²) in [5, 5.41) is 32.8. The Hall–Kier alpha value is -1.34. The third-order valence-corrected chi connectivity index (χ3v) is 1.31. The van der Waals surface area contributed by atoms with Gasteiger partial charge in [0.15, 0.2) is 5.96 Å². The number of aliphatic hydroxyl groups excluding tert-OH is 2. The molecule has 0 aliphatic heterocycles. The van der Waals surface area contributed by atoms with E-state index in [0.717, 1.165) is 4.90 Å². The number of aliphatic carboxylic acids is 1. The monoisotopic (exact) mass is 191 g/mol. The maximum absolute atomic E-state index is 10.2. The first-order valence-electron chi connectivity index (χ1n) is 3.57. The fourth-order valence-corrected chi connectivity index (χ4v) is 0.723. The highest BCUT2D eigenvalue weighted by Crippen LogP contribution is 1.91. The van der Waals surface area contributed by atoms with Gasteiger partial charge < -0.3 is 26.0 Å². The van der Waals surface area contributed by atoms with E-state index in [1.807, 2.05) is 0 Å². The molecule has 0 aromatic rings. The maximum Gasteiger partial charge on any atom is 0.323 e. The third kappa shape index (κ3) is 4.99. The molecular formula is C6H13N3O4. The molecule has 7 heteroatoms. The van der Waals surface area contributed by atoms with Crippen molar-refractivity contribution in [3.63, 3.8) is 0 Å². The van der Waals surface area contributed by atoms with E-state index in [0.29, 0.717) is 0 Å². The highest BCUT2D eigenvalue weighted by molar-refractivity contribution is 5.80.